The maximum atomic E-state index is 13.1. The van der Waals surface area contributed by atoms with Gasteiger partial charge < -0.3 is 9.47 Å². The van der Waals surface area contributed by atoms with Crippen molar-refractivity contribution in [3.8, 4) is 0 Å². The van der Waals surface area contributed by atoms with Crippen LogP contribution in [0, 0.1) is 65.1 Å². The van der Waals surface area contributed by atoms with Gasteiger partial charge in [-0.25, -0.2) is 0 Å². The van der Waals surface area contributed by atoms with E-state index in [0.717, 1.165) is 11.8 Å². The smallest absolute Gasteiger partial charge is 0.311 e. The molecule has 7 saturated carbocycles. The second-order valence-corrected chi connectivity index (χ2v) is 11.4. The Hall–Kier alpha value is -1.49. The Morgan fingerprint density at radius 3 is 2.20 bits per heavy atom. The highest BCUT2D eigenvalue weighted by molar-refractivity contribution is 6.01. The molecular formula is C25H30O5. The van der Waals surface area contributed by atoms with Crippen molar-refractivity contribution < 1.29 is 23.9 Å². The van der Waals surface area contributed by atoms with Crippen molar-refractivity contribution in [1.29, 1.82) is 0 Å². The summed E-state index contributed by atoms with van der Waals surface area (Å²) in [7, 11) is 0. The minimum atomic E-state index is -0.563. The molecule has 8 rings (SSSR count). The zero-order chi connectivity index (χ0) is 20.3. The van der Waals surface area contributed by atoms with Gasteiger partial charge in [0.25, 0.3) is 0 Å². The molecule has 0 aromatic carbocycles. The summed E-state index contributed by atoms with van der Waals surface area (Å²) in [4.78, 5) is 38.5. The summed E-state index contributed by atoms with van der Waals surface area (Å²) in [5.74, 6) is 2.25. The van der Waals surface area contributed by atoms with Gasteiger partial charge in [0, 0.05) is 23.7 Å². The lowest BCUT2D eigenvalue weighted by molar-refractivity contribution is -0.223. The van der Waals surface area contributed by atoms with Crippen LogP contribution >= 0.6 is 0 Å². The minimum Gasteiger partial charge on any atom is -0.436 e. The molecule has 0 heterocycles. The maximum Gasteiger partial charge on any atom is 0.311 e. The van der Waals surface area contributed by atoms with E-state index in [1.165, 1.54) is 32.1 Å². The second-order valence-electron chi connectivity index (χ2n) is 11.4. The van der Waals surface area contributed by atoms with Gasteiger partial charge in [-0.15, -0.1) is 0 Å². The zero-order valence-electron chi connectivity index (χ0n) is 17.4. The van der Waals surface area contributed by atoms with Crippen LogP contribution in [-0.2, 0) is 23.9 Å². The molecule has 8 aliphatic rings. The molecule has 0 amide bonds. The molecular weight excluding hydrogens is 380 g/mol. The van der Waals surface area contributed by atoms with Crippen molar-refractivity contribution in [3.63, 3.8) is 0 Å². The van der Waals surface area contributed by atoms with Crippen LogP contribution in [0.1, 0.15) is 45.4 Å². The molecule has 8 bridgehead atoms. The molecule has 8 unspecified atom stereocenters. The highest BCUT2D eigenvalue weighted by Gasteiger charge is 2.69. The molecule has 0 radical (unpaired) electrons. The Morgan fingerprint density at radius 2 is 1.53 bits per heavy atom. The topological polar surface area (TPSA) is 69.7 Å². The Kier molecular flexibility index (Phi) is 3.66. The molecule has 8 aliphatic carbocycles. The van der Waals surface area contributed by atoms with E-state index in [1.807, 2.05) is 19.1 Å². The van der Waals surface area contributed by atoms with Gasteiger partial charge in [0.2, 0.25) is 0 Å². The third-order valence-electron chi connectivity index (χ3n) is 10.0. The molecule has 0 aliphatic heterocycles. The molecule has 0 N–H and O–H groups in total. The number of carbonyl (C=O) groups is 3. The van der Waals surface area contributed by atoms with Crippen molar-refractivity contribution >= 4 is 17.5 Å². The van der Waals surface area contributed by atoms with Gasteiger partial charge in [0.15, 0.2) is 6.29 Å². The third-order valence-corrected chi connectivity index (χ3v) is 10.0. The number of allylic oxidation sites excluding steroid dienone is 2. The first-order valence-corrected chi connectivity index (χ1v) is 12.1. The predicted molar refractivity (Wildman–Crippen MR) is 106 cm³/mol. The number of fused-ring (bicyclic) bond motifs is 9. The SMILES string of the molecule is CC(OC(=O)C1CC2C(=O)C1C1C3C=CC(C3=O)C21)OC1C2CC3CC(C2)CC1C3. The number of hydrogen-bond donors (Lipinski definition) is 0. The van der Waals surface area contributed by atoms with E-state index in [-0.39, 0.29) is 59.1 Å². The van der Waals surface area contributed by atoms with Crippen molar-refractivity contribution in [3.05, 3.63) is 12.2 Å². The lowest BCUT2D eigenvalue weighted by Crippen LogP contribution is -2.50. The van der Waals surface area contributed by atoms with Gasteiger partial charge in [-0.3, -0.25) is 14.4 Å². The number of Topliss-reactive ketones (excluding diaryl/α,β-unsaturated/α-hetero) is 2. The Bertz CT molecular complexity index is 832. The van der Waals surface area contributed by atoms with Crippen molar-refractivity contribution in [2.45, 2.75) is 57.8 Å². The standard InChI is InChI=1S/C25H30O5/c1-10(29-24-13-5-11-4-12(7-13)8-14(24)6-11)30-25(28)18-9-17-19-15-2-3-16(22(15)26)20(19)21(18)23(17)27/h2-3,10-21,24H,4-9H2,1H3. The van der Waals surface area contributed by atoms with Gasteiger partial charge in [-0.2, -0.15) is 0 Å². The molecule has 160 valence electrons. The molecule has 0 saturated heterocycles. The zero-order valence-corrected chi connectivity index (χ0v) is 17.4. The number of esters is 1. The van der Waals surface area contributed by atoms with Gasteiger partial charge in [0.1, 0.15) is 11.6 Å². The quantitative estimate of drug-likeness (QED) is 0.308. The molecule has 0 spiro atoms. The molecule has 5 heteroatoms. The summed E-state index contributed by atoms with van der Waals surface area (Å²) < 4.78 is 12.1. The van der Waals surface area contributed by atoms with Crippen molar-refractivity contribution in [2.24, 2.45) is 65.1 Å². The fraction of sp³-hybridized carbons (Fsp3) is 0.800. The highest BCUT2D eigenvalue weighted by atomic mass is 16.7. The van der Waals surface area contributed by atoms with Crippen LogP contribution in [0.25, 0.3) is 0 Å². The first-order valence-electron chi connectivity index (χ1n) is 12.1. The van der Waals surface area contributed by atoms with Crippen LogP contribution in [0.5, 0.6) is 0 Å². The van der Waals surface area contributed by atoms with Gasteiger partial charge in [-0.05, 0) is 81.0 Å². The van der Waals surface area contributed by atoms with E-state index < -0.39 is 12.2 Å². The van der Waals surface area contributed by atoms with Crippen LogP contribution < -0.4 is 0 Å². The van der Waals surface area contributed by atoms with E-state index >= 15 is 0 Å². The van der Waals surface area contributed by atoms with Crippen molar-refractivity contribution in [1.82, 2.24) is 0 Å². The molecule has 0 aromatic rings. The van der Waals surface area contributed by atoms with Gasteiger partial charge >= 0.3 is 5.97 Å². The number of rotatable bonds is 4. The lowest BCUT2D eigenvalue weighted by Gasteiger charge is -2.54. The number of ketones is 2. The molecule has 7 fully saturated rings. The molecule has 30 heavy (non-hydrogen) atoms. The molecule has 8 atom stereocenters. The normalized spacial score (nSPS) is 54.8. The van der Waals surface area contributed by atoms with E-state index in [2.05, 4.69) is 0 Å². The van der Waals surface area contributed by atoms with Crippen LogP contribution in [0.3, 0.4) is 0 Å². The molecule has 0 aromatic heterocycles. The van der Waals surface area contributed by atoms with Crippen LogP contribution in [0.4, 0.5) is 0 Å². The van der Waals surface area contributed by atoms with E-state index in [4.69, 9.17) is 9.47 Å². The number of carbonyl (C=O) groups excluding carboxylic acids is 3. The van der Waals surface area contributed by atoms with Crippen molar-refractivity contribution in [2.75, 3.05) is 0 Å². The van der Waals surface area contributed by atoms with Crippen LogP contribution in [-0.4, -0.2) is 29.9 Å². The van der Waals surface area contributed by atoms with Gasteiger partial charge in [0.05, 0.1) is 12.0 Å². The number of ether oxygens (including phenoxy) is 2. The third kappa shape index (κ3) is 2.25. The first kappa shape index (κ1) is 18.1. The summed E-state index contributed by atoms with van der Waals surface area (Å²) in [5.41, 5.74) is 0. The lowest BCUT2D eigenvalue weighted by atomic mass is 9.55. The Balaban J connectivity index is 1.03. The van der Waals surface area contributed by atoms with E-state index in [0.29, 0.717) is 18.3 Å². The average molecular weight is 411 g/mol. The molecule has 5 nitrogen and oxygen atoms in total. The average Bonchev–Trinajstić information content (AvgIpc) is 3.40. The Morgan fingerprint density at radius 1 is 0.900 bits per heavy atom. The maximum absolute atomic E-state index is 13.1. The largest absolute Gasteiger partial charge is 0.436 e. The van der Waals surface area contributed by atoms with E-state index in [9.17, 15) is 14.4 Å². The predicted octanol–water partition coefficient (Wildman–Crippen LogP) is 3.17. The van der Waals surface area contributed by atoms with Gasteiger partial charge in [-0.1, -0.05) is 12.2 Å². The summed E-state index contributed by atoms with van der Waals surface area (Å²) in [6, 6.07) is 0. The summed E-state index contributed by atoms with van der Waals surface area (Å²) in [6.07, 6.45) is 10.7. The summed E-state index contributed by atoms with van der Waals surface area (Å²) in [5, 5.41) is 0. The monoisotopic (exact) mass is 410 g/mol. The summed E-state index contributed by atoms with van der Waals surface area (Å²) in [6.45, 7) is 1.84. The summed E-state index contributed by atoms with van der Waals surface area (Å²) >= 11 is 0. The van der Waals surface area contributed by atoms with E-state index in [1.54, 1.807) is 0 Å². The van der Waals surface area contributed by atoms with Crippen LogP contribution in [0.15, 0.2) is 12.2 Å². The van der Waals surface area contributed by atoms with Crippen LogP contribution in [0.2, 0.25) is 0 Å². The fourth-order valence-electron chi connectivity index (χ4n) is 9.37. The fourth-order valence-corrected chi connectivity index (χ4v) is 9.37. The second kappa shape index (κ2) is 6.05. The first-order chi connectivity index (χ1) is 14.5. The number of hydrogen-bond acceptors (Lipinski definition) is 5. The minimum absolute atomic E-state index is 0.0250. The highest BCUT2D eigenvalue weighted by Crippen LogP contribution is 2.64. The Labute approximate surface area is 176 Å².